The van der Waals surface area contributed by atoms with Crippen molar-refractivity contribution in [3.05, 3.63) is 33.8 Å². The molecule has 0 aliphatic carbocycles. The SMILES string of the molecule is C#CC(NN)c1cc(Cl)ccc1Cl. The topological polar surface area (TPSA) is 38.0 Å². The van der Waals surface area contributed by atoms with Crippen LogP contribution in [0.5, 0.6) is 0 Å². The zero-order chi connectivity index (χ0) is 9.84. The number of hydrogen-bond donors (Lipinski definition) is 2. The number of terminal acetylenes is 1. The van der Waals surface area contributed by atoms with Crippen molar-refractivity contribution in [2.24, 2.45) is 5.84 Å². The van der Waals surface area contributed by atoms with E-state index in [9.17, 15) is 0 Å². The van der Waals surface area contributed by atoms with Crippen molar-refractivity contribution in [2.45, 2.75) is 6.04 Å². The molecule has 0 radical (unpaired) electrons. The second-order valence-electron chi connectivity index (χ2n) is 2.43. The molecular formula is C9H8Cl2N2. The molecule has 3 N–H and O–H groups in total. The molecule has 13 heavy (non-hydrogen) atoms. The molecule has 0 amide bonds. The van der Waals surface area contributed by atoms with Crippen molar-refractivity contribution in [3.63, 3.8) is 0 Å². The fourth-order valence-electron chi connectivity index (χ4n) is 0.964. The van der Waals surface area contributed by atoms with Crippen LogP contribution in [0.1, 0.15) is 11.6 Å². The van der Waals surface area contributed by atoms with E-state index in [2.05, 4.69) is 11.3 Å². The van der Waals surface area contributed by atoms with Gasteiger partial charge in [0.2, 0.25) is 0 Å². The summed E-state index contributed by atoms with van der Waals surface area (Å²) in [6, 6.07) is 4.65. The third kappa shape index (κ3) is 2.36. The van der Waals surface area contributed by atoms with Gasteiger partial charge in [0.25, 0.3) is 0 Å². The molecule has 0 aromatic heterocycles. The fourth-order valence-corrected chi connectivity index (χ4v) is 1.37. The highest BCUT2D eigenvalue weighted by Gasteiger charge is 2.10. The zero-order valence-corrected chi connectivity index (χ0v) is 8.23. The van der Waals surface area contributed by atoms with Gasteiger partial charge < -0.3 is 0 Å². The first-order chi connectivity index (χ1) is 6.19. The van der Waals surface area contributed by atoms with Gasteiger partial charge in [-0.2, -0.15) is 0 Å². The van der Waals surface area contributed by atoms with E-state index in [1.54, 1.807) is 18.2 Å². The second-order valence-corrected chi connectivity index (χ2v) is 3.28. The Balaban J connectivity index is 3.13. The average molecular weight is 215 g/mol. The summed E-state index contributed by atoms with van der Waals surface area (Å²) in [6.45, 7) is 0. The third-order valence-corrected chi connectivity index (χ3v) is 2.18. The minimum absolute atomic E-state index is 0.411. The Morgan fingerprint density at radius 2 is 2.15 bits per heavy atom. The van der Waals surface area contributed by atoms with E-state index >= 15 is 0 Å². The Morgan fingerprint density at radius 1 is 1.46 bits per heavy atom. The molecule has 1 aromatic carbocycles. The predicted octanol–water partition coefficient (Wildman–Crippen LogP) is 2.13. The Morgan fingerprint density at radius 3 is 2.69 bits per heavy atom. The molecular weight excluding hydrogens is 207 g/mol. The van der Waals surface area contributed by atoms with Crippen LogP contribution in [0.15, 0.2) is 18.2 Å². The van der Waals surface area contributed by atoms with E-state index in [1.807, 2.05) is 0 Å². The molecule has 2 nitrogen and oxygen atoms in total. The molecule has 0 aliphatic rings. The van der Waals surface area contributed by atoms with Crippen molar-refractivity contribution >= 4 is 23.2 Å². The van der Waals surface area contributed by atoms with E-state index in [1.165, 1.54) is 0 Å². The van der Waals surface area contributed by atoms with Gasteiger partial charge in [0.1, 0.15) is 6.04 Å². The molecule has 0 spiro atoms. The number of hydrazine groups is 1. The van der Waals surface area contributed by atoms with E-state index in [0.717, 1.165) is 0 Å². The van der Waals surface area contributed by atoms with Gasteiger partial charge in [0.05, 0.1) is 0 Å². The third-order valence-electron chi connectivity index (χ3n) is 1.60. The molecule has 1 aromatic rings. The molecule has 1 rings (SSSR count). The minimum Gasteiger partial charge on any atom is -0.270 e. The van der Waals surface area contributed by atoms with Crippen molar-refractivity contribution < 1.29 is 0 Å². The summed E-state index contributed by atoms with van der Waals surface area (Å²) in [5.74, 6) is 7.70. The number of benzene rings is 1. The van der Waals surface area contributed by atoms with Crippen LogP contribution in [0, 0.1) is 12.3 Å². The van der Waals surface area contributed by atoms with Gasteiger partial charge in [-0.1, -0.05) is 29.1 Å². The van der Waals surface area contributed by atoms with Crippen LogP contribution in [-0.2, 0) is 0 Å². The van der Waals surface area contributed by atoms with E-state index in [-0.39, 0.29) is 0 Å². The monoisotopic (exact) mass is 214 g/mol. The summed E-state index contributed by atoms with van der Waals surface area (Å²) in [7, 11) is 0. The molecule has 0 saturated heterocycles. The predicted molar refractivity (Wildman–Crippen MR) is 55.4 cm³/mol. The molecule has 0 fully saturated rings. The second kappa shape index (κ2) is 4.50. The highest BCUT2D eigenvalue weighted by molar-refractivity contribution is 6.33. The largest absolute Gasteiger partial charge is 0.270 e. The number of hydrogen-bond acceptors (Lipinski definition) is 2. The fraction of sp³-hybridized carbons (Fsp3) is 0.111. The molecule has 0 heterocycles. The van der Waals surface area contributed by atoms with Gasteiger partial charge in [0, 0.05) is 15.6 Å². The molecule has 1 atom stereocenters. The van der Waals surface area contributed by atoms with Crippen molar-refractivity contribution in [1.29, 1.82) is 0 Å². The molecule has 4 heteroatoms. The van der Waals surface area contributed by atoms with E-state index in [0.29, 0.717) is 15.6 Å². The minimum atomic E-state index is -0.411. The maximum absolute atomic E-state index is 5.90. The lowest BCUT2D eigenvalue weighted by atomic mass is 10.1. The normalized spacial score (nSPS) is 12.2. The summed E-state index contributed by atoms with van der Waals surface area (Å²) < 4.78 is 0. The van der Waals surface area contributed by atoms with Crippen LogP contribution in [0.3, 0.4) is 0 Å². The first-order valence-electron chi connectivity index (χ1n) is 3.56. The Hall–Kier alpha value is -0.720. The van der Waals surface area contributed by atoms with E-state index < -0.39 is 6.04 Å². The number of halogens is 2. The van der Waals surface area contributed by atoms with Crippen molar-refractivity contribution in [1.82, 2.24) is 5.43 Å². The lowest BCUT2D eigenvalue weighted by Crippen LogP contribution is -2.26. The van der Waals surface area contributed by atoms with Crippen molar-refractivity contribution in [2.75, 3.05) is 0 Å². The number of rotatable bonds is 2. The van der Waals surface area contributed by atoms with Crippen LogP contribution < -0.4 is 11.3 Å². The van der Waals surface area contributed by atoms with Gasteiger partial charge in [-0.05, 0) is 18.2 Å². The van der Waals surface area contributed by atoms with Crippen LogP contribution in [-0.4, -0.2) is 0 Å². The maximum Gasteiger partial charge on any atom is 0.108 e. The van der Waals surface area contributed by atoms with Gasteiger partial charge in [-0.25, -0.2) is 5.43 Å². The first kappa shape index (κ1) is 10.4. The summed E-state index contributed by atoms with van der Waals surface area (Å²) in [5.41, 5.74) is 3.16. The number of nitrogens with one attached hydrogen (secondary N) is 1. The summed E-state index contributed by atoms with van der Waals surface area (Å²) in [5, 5.41) is 1.13. The molecule has 68 valence electrons. The van der Waals surface area contributed by atoms with Crippen LogP contribution >= 0.6 is 23.2 Å². The molecule has 1 unspecified atom stereocenters. The van der Waals surface area contributed by atoms with Gasteiger partial charge >= 0.3 is 0 Å². The molecule has 0 saturated carbocycles. The first-order valence-corrected chi connectivity index (χ1v) is 4.32. The standard InChI is InChI=1S/C9H8Cl2N2/c1-2-9(13-12)7-5-6(10)3-4-8(7)11/h1,3-5,9,13H,12H2. The lowest BCUT2D eigenvalue weighted by molar-refractivity contribution is 0.674. The summed E-state index contributed by atoms with van der Waals surface area (Å²) in [4.78, 5) is 0. The lowest BCUT2D eigenvalue weighted by Gasteiger charge is -2.11. The Kier molecular flexibility index (Phi) is 3.58. The number of nitrogens with two attached hydrogens (primary N) is 1. The smallest absolute Gasteiger partial charge is 0.108 e. The van der Waals surface area contributed by atoms with Gasteiger partial charge in [-0.15, -0.1) is 6.42 Å². The quantitative estimate of drug-likeness (QED) is 0.450. The van der Waals surface area contributed by atoms with E-state index in [4.69, 9.17) is 35.5 Å². The molecule has 0 aliphatic heterocycles. The summed E-state index contributed by atoms with van der Waals surface area (Å²) in [6.07, 6.45) is 5.24. The maximum atomic E-state index is 5.90. The molecule has 0 bridgehead atoms. The van der Waals surface area contributed by atoms with Crippen LogP contribution in [0.2, 0.25) is 10.0 Å². The van der Waals surface area contributed by atoms with Crippen LogP contribution in [0.4, 0.5) is 0 Å². The highest BCUT2D eigenvalue weighted by atomic mass is 35.5. The Bertz CT molecular complexity index is 344. The zero-order valence-electron chi connectivity index (χ0n) is 6.72. The highest BCUT2D eigenvalue weighted by Crippen LogP contribution is 2.25. The van der Waals surface area contributed by atoms with Gasteiger partial charge in [0.15, 0.2) is 0 Å². The average Bonchev–Trinajstić information content (AvgIpc) is 2.13. The Labute approximate surface area is 87.0 Å². The summed E-state index contributed by atoms with van der Waals surface area (Å²) >= 11 is 11.7. The van der Waals surface area contributed by atoms with Crippen LogP contribution in [0.25, 0.3) is 0 Å². The van der Waals surface area contributed by atoms with Gasteiger partial charge in [-0.3, -0.25) is 5.84 Å². The van der Waals surface area contributed by atoms with Crippen molar-refractivity contribution in [3.8, 4) is 12.3 Å².